The van der Waals surface area contributed by atoms with Gasteiger partial charge in [-0.2, -0.15) is 0 Å². The molecule has 0 aliphatic heterocycles. The van der Waals surface area contributed by atoms with Gasteiger partial charge in [-0.1, -0.05) is 42.8 Å². The Morgan fingerprint density at radius 1 is 1.07 bits per heavy atom. The van der Waals surface area contributed by atoms with E-state index in [4.69, 9.17) is 15.2 Å². The molecule has 4 aliphatic carbocycles. The minimum atomic E-state index is -1.96. The van der Waals surface area contributed by atoms with E-state index in [-0.39, 0.29) is 36.9 Å². The number of ketones is 2. The van der Waals surface area contributed by atoms with Crippen molar-refractivity contribution < 1.29 is 48.7 Å². The van der Waals surface area contributed by atoms with Crippen LogP contribution in [0.3, 0.4) is 0 Å². The summed E-state index contributed by atoms with van der Waals surface area (Å²) in [6.45, 7) is 2.72. The number of ether oxygens (including phenoxy) is 1. The summed E-state index contributed by atoms with van der Waals surface area (Å²) in [5.74, 6) is -2.79. The largest absolute Gasteiger partial charge is 0.456 e. The molecule has 4 N–H and O–H groups in total. The van der Waals surface area contributed by atoms with E-state index < -0.39 is 64.9 Å². The number of nitrogens with one attached hydrogen (secondary N) is 1. The lowest BCUT2D eigenvalue weighted by molar-refractivity contribution is -0.497. The van der Waals surface area contributed by atoms with E-state index in [2.05, 4.69) is 10.2 Å². The number of halogens is 1. The van der Waals surface area contributed by atoms with Crippen LogP contribution in [0.1, 0.15) is 57.1 Å². The molecule has 0 heterocycles. The maximum Gasteiger partial charge on any atom is 0.325 e. The molecule has 11 nitrogen and oxygen atoms in total. The first-order chi connectivity index (χ1) is 20.8. The van der Waals surface area contributed by atoms with E-state index in [9.17, 15) is 24.3 Å². The average Bonchev–Trinajstić information content (AvgIpc) is 3.32. The van der Waals surface area contributed by atoms with Crippen molar-refractivity contribution in [3.8, 4) is 0 Å². The number of amides is 1. The van der Waals surface area contributed by atoms with Crippen molar-refractivity contribution in [2.45, 2.75) is 70.8 Å². The van der Waals surface area contributed by atoms with Gasteiger partial charge in [0.2, 0.25) is 5.91 Å². The molecule has 5 rings (SSSR count). The van der Waals surface area contributed by atoms with E-state index in [1.54, 1.807) is 37.3 Å². The van der Waals surface area contributed by atoms with Crippen molar-refractivity contribution in [2.24, 2.45) is 28.6 Å². The quantitative estimate of drug-likeness (QED) is 0.228. The molecule has 3 saturated carbocycles. The molecular formula is C32H39FN2O9. The number of hydrogen-bond acceptors (Lipinski definition) is 10. The highest BCUT2D eigenvalue weighted by Gasteiger charge is 2.70. The standard InChI is InChI=1S/C32H39FN2O9/c1-30-15-27(38)32(33)24(8-7-21-14-22(36)11-12-31(21,32)2)23(30)9-10-25(30)26(37)18-43-29(40)16-34-28(39)13-19-3-5-20(6-4-19)17-44-35(41)42/h3-6,11-12,14,23-25,27,38,41-42H,7-10,13,15-18H2,1-2H3,(H,34,39)/t23?,24-,25?,27-,30-,31-,32?/m0/s1. The lowest BCUT2D eigenvalue weighted by Gasteiger charge is -2.62. The zero-order valence-electron chi connectivity index (χ0n) is 24.8. The maximum atomic E-state index is 17.1. The fourth-order valence-electron chi connectivity index (χ4n) is 8.34. The number of fused-ring (bicyclic) bond motifs is 5. The molecule has 4 aliphatic rings. The Bertz CT molecular complexity index is 1380. The molecule has 0 bridgehead atoms. The molecule has 12 heteroatoms. The first kappa shape index (κ1) is 32.1. The van der Waals surface area contributed by atoms with Crippen LogP contribution in [0, 0.1) is 28.6 Å². The predicted molar refractivity (Wildman–Crippen MR) is 151 cm³/mol. The lowest BCUT2D eigenvalue weighted by atomic mass is 9.45. The van der Waals surface area contributed by atoms with Gasteiger partial charge in [0.25, 0.3) is 0 Å². The molecule has 3 fully saturated rings. The molecular weight excluding hydrogens is 575 g/mol. The topological polar surface area (TPSA) is 163 Å². The number of benzene rings is 1. The molecule has 7 atom stereocenters. The van der Waals surface area contributed by atoms with Crippen molar-refractivity contribution in [1.82, 2.24) is 10.7 Å². The smallest absolute Gasteiger partial charge is 0.325 e. The van der Waals surface area contributed by atoms with Crippen molar-refractivity contribution >= 4 is 23.4 Å². The summed E-state index contributed by atoms with van der Waals surface area (Å²) in [5, 5.41) is 30.6. The zero-order chi connectivity index (χ0) is 31.9. The first-order valence-electron chi connectivity index (χ1n) is 14.9. The van der Waals surface area contributed by atoms with E-state index in [0.29, 0.717) is 42.4 Å². The van der Waals surface area contributed by atoms with Gasteiger partial charge in [0.15, 0.2) is 17.2 Å². The number of aliphatic hydroxyl groups is 1. The number of carbonyl (C=O) groups is 4. The van der Waals surface area contributed by atoms with Crippen molar-refractivity contribution in [2.75, 3.05) is 13.2 Å². The van der Waals surface area contributed by atoms with Crippen molar-refractivity contribution in [3.05, 3.63) is 59.2 Å². The Morgan fingerprint density at radius 3 is 2.48 bits per heavy atom. The fourth-order valence-corrected chi connectivity index (χ4v) is 8.34. The average molecular weight is 615 g/mol. The number of hydrogen-bond donors (Lipinski definition) is 4. The lowest BCUT2D eigenvalue weighted by Crippen LogP contribution is -2.66. The van der Waals surface area contributed by atoms with Crippen LogP contribution in [-0.2, 0) is 41.8 Å². The SMILES string of the molecule is C[C@]12C[C@H](O)C3(F)[C@@H](CCC4=CC(=O)C=C[C@@]43C)C1CCC2C(=O)COC(=O)CNC(=O)Cc1ccc(CON(O)O)cc1. The third kappa shape index (κ3) is 5.77. The molecule has 1 aromatic rings. The molecule has 1 aromatic carbocycles. The van der Waals surface area contributed by atoms with E-state index in [1.807, 2.05) is 6.92 Å². The highest BCUT2D eigenvalue weighted by molar-refractivity contribution is 6.01. The van der Waals surface area contributed by atoms with Crippen LogP contribution < -0.4 is 5.32 Å². The molecule has 0 aromatic heterocycles. The van der Waals surface area contributed by atoms with Gasteiger partial charge in [0.1, 0.15) is 13.2 Å². The van der Waals surface area contributed by atoms with Crippen LogP contribution in [0.4, 0.5) is 4.39 Å². The van der Waals surface area contributed by atoms with Crippen LogP contribution >= 0.6 is 0 Å². The number of Topliss-reactive ketones (excluding diaryl/α,β-unsaturated/α-hetero) is 1. The van der Waals surface area contributed by atoms with E-state index >= 15 is 4.39 Å². The molecule has 238 valence electrons. The molecule has 0 spiro atoms. The summed E-state index contributed by atoms with van der Waals surface area (Å²) < 4.78 is 22.4. The van der Waals surface area contributed by atoms with Gasteiger partial charge in [0.05, 0.1) is 24.5 Å². The minimum Gasteiger partial charge on any atom is -0.456 e. The van der Waals surface area contributed by atoms with Gasteiger partial charge in [-0.25, -0.2) is 9.23 Å². The number of alkyl halides is 1. The second kappa shape index (κ2) is 12.2. The van der Waals surface area contributed by atoms with Gasteiger partial charge in [0, 0.05) is 17.3 Å². The number of nitrogens with zero attached hydrogens (tertiary/aromatic N) is 1. The van der Waals surface area contributed by atoms with Crippen LogP contribution in [0.25, 0.3) is 0 Å². The Labute approximate surface area is 254 Å². The molecule has 0 saturated heterocycles. The molecule has 0 radical (unpaired) electrons. The zero-order valence-corrected chi connectivity index (χ0v) is 24.8. The maximum absolute atomic E-state index is 17.1. The Morgan fingerprint density at radius 2 is 1.77 bits per heavy atom. The monoisotopic (exact) mass is 614 g/mol. The third-order valence-corrected chi connectivity index (χ3v) is 10.6. The number of carbonyl (C=O) groups excluding carboxylic acids is 4. The summed E-state index contributed by atoms with van der Waals surface area (Å²) in [7, 11) is 0. The Hall–Kier alpha value is -3.29. The summed E-state index contributed by atoms with van der Waals surface area (Å²) >= 11 is 0. The van der Waals surface area contributed by atoms with Crippen LogP contribution in [0.2, 0.25) is 0 Å². The normalized spacial score (nSPS) is 34.1. The number of esters is 1. The first-order valence-corrected chi connectivity index (χ1v) is 14.9. The van der Waals surface area contributed by atoms with Gasteiger partial charge in [-0.15, -0.1) is 0 Å². The van der Waals surface area contributed by atoms with E-state index in [1.165, 1.54) is 12.2 Å². The predicted octanol–water partition coefficient (Wildman–Crippen LogP) is 2.96. The van der Waals surface area contributed by atoms with Crippen molar-refractivity contribution in [3.63, 3.8) is 0 Å². The number of aliphatic hydroxyl groups excluding tert-OH is 1. The highest BCUT2D eigenvalue weighted by atomic mass is 19.1. The third-order valence-electron chi connectivity index (χ3n) is 10.6. The van der Waals surface area contributed by atoms with Gasteiger partial charge in [-0.05, 0) is 73.6 Å². The van der Waals surface area contributed by atoms with Crippen LogP contribution in [-0.4, -0.2) is 69.3 Å². The van der Waals surface area contributed by atoms with Crippen molar-refractivity contribution in [1.29, 1.82) is 0 Å². The molecule has 1 amide bonds. The molecule has 44 heavy (non-hydrogen) atoms. The summed E-state index contributed by atoms with van der Waals surface area (Å²) in [6.07, 6.45) is 5.39. The second-order valence-electron chi connectivity index (χ2n) is 12.9. The fraction of sp³-hybridized carbons (Fsp3) is 0.562. The van der Waals surface area contributed by atoms with Gasteiger partial charge < -0.3 is 15.2 Å². The number of allylic oxidation sites excluding steroid dienone is 4. The van der Waals surface area contributed by atoms with Crippen LogP contribution in [0.15, 0.2) is 48.1 Å². The highest BCUT2D eigenvalue weighted by Crippen LogP contribution is 2.68. The van der Waals surface area contributed by atoms with E-state index in [0.717, 1.165) is 0 Å². The summed E-state index contributed by atoms with van der Waals surface area (Å²) in [6, 6.07) is 6.62. The Kier molecular flexibility index (Phi) is 8.94. The second-order valence-corrected chi connectivity index (χ2v) is 12.9. The van der Waals surface area contributed by atoms with Crippen LogP contribution in [0.5, 0.6) is 0 Å². The molecule has 3 unspecified atom stereocenters. The summed E-state index contributed by atoms with van der Waals surface area (Å²) in [4.78, 5) is 54.5. The number of rotatable bonds is 10. The summed E-state index contributed by atoms with van der Waals surface area (Å²) in [5.41, 5.74) is -1.71. The van der Waals surface area contributed by atoms with Gasteiger partial charge >= 0.3 is 5.97 Å². The minimum absolute atomic E-state index is 0.0106. The Balaban J connectivity index is 1.13. The van der Waals surface area contributed by atoms with Gasteiger partial charge in [-0.3, -0.25) is 29.6 Å².